The Kier molecular flexibility index (Phi) is 4.08. The van der Waals surface area contributed by atoms with Crippen LogP contribution in [0.2, 0.25) is 0 Å². The van der Waals surface area contributed by atoms with Crippen LogP contribution < -0.4 is 11.1 Å². The Morgan fingerprint density at radius 2 is 2.10 bits per heavy atom. The van der Waals surface area contributed by atoms with Gasteiger partial charge in [0.15, 0.2) is 0 Å². The standard InChI is InChI=1S/C15H20N4O/c1-10-4-5-13(16)8-14(10)18-15(20)6-7-19-9-17-11(2)12(19)3/h4-5,8-9H,6-7,16H2,1-3H3,(H,18,20). The van der Waals surface area contributed by atoms with E-state index in [9.17, 15) is 4.79 Å². The maximum atomic E-state index is 12.0. The maximum absolute atomic E-state index is 12.0. The summed E-state index contributed by atoms with van der Waals surface area (Å²) >= 11 is 0. The van der Waals surface area contributed by atoms with Crippen molar-refractivity contribution in [1.82, 2.24) is 9.55 Å². The molecule has 1 aromatic heterocycles. The van der Waals surface area contributed by atoms with Crippen LogP contribution in [0.1, 0.15) is 23.4 Å². The lowest BCUT2D eigenvalue weighted by molar-refractivity contribution is -0.116. The van der Waals surface area contributed by atoms with Gasteiger partial charge in [-0.25, -0.2) is 4.98 Å². The van der Waals surface area contributed by atoms with Gasteiger partial charge in [0.1, 0.15) is 0 Å². The van der Waals surface area contributed by atoms with Gasteiger partial charge in [-0.15, -0.1) is 0 Å². The summed E-state index contributed by atoms with van der Waals surface area (Å²) in [5.74, 6) is -0.0237. The fourth-order valence-electron chi connectivity index (χ4n) is 1.98. The Balaban J connectivity index is 1.96. The minimum absolute atomic E-state index is 0.0237. The predicted octanol–water partition coefficient (Wildman–Crippen LogP) is 2.42. The van der Waals surface area contributed by atoms with Gasteiger partial charge in [0, 0.05) is 30.0 Å². The van der Waals surface area contributed by atoms with E-state index in [0.29, 0.717) is 18.7 Å². The van der Waals surface area contributed by atoms with Gasteiger partial charge >= 0.3 is 0 Å². The number of amides is 1. The van der Waals surface area contributed by atoms with Gasteiger partial charge in [0.2, 0.25) is 5.91 Å². The third-order valence-electron chi connectivity index (χ3n) is 3.46. The number of benzene rings is 1. The van der Waals surface area contributed by atoms with E-state index in [1.54, 1.807) is 12.4 Å². The highest BCUT2D eigenvalue weighted by Gasteiger charge is 2.07. The zero-order valence-corrected chi connectivity index (χ0v) is 12.1. The topological polar surface area (TPSA) is 72.9 Å². The lowest BCUT2D eigenvalue weighted by Crippen LogP contribution is -2.15. The van der Waals surface area contributed by atoms with Crippen LogP contribution in [-0.4, -0.2) is 15.5 Å². The second-order valence-electron chi connectivity index (χ2n) is 4.98. The fraction of sp³-hybridized carbons (Fsp3) is 0.333. The molecule has 3 N–H and O–H groups in total. The number of hydrogen-bond acceptors (Lipinski definition) is 3. The van der Waals surface area contributed by atoms with Gasteiger partial charge in [-0.2, -0.15) is 0 Å². The second-order valence-corrected chi connectivity index (χ2v) is 4.98. The van der Waals surface area contributed by atoms with Crippen molar-refractivity contribution < 1.29 is 4.79 Å². The minimum atomic E-state index is -0.0237. The lowest BCUT2D eigenvalue weighted by atomic mass is 10.2. The maximum Gasteiger partial charge on any atom is 0.226 e. The van der Waals surface area contributed by atoms with Crippen molar-refractivity contribution in [3.8, 4) is 0 Å². The SMILES string of the molecule is Cc1ccc(N)cc1NC(=O)CCn1cnc(C)c1C. The number of nitrogens with two attached hydrogens (primary N) is 1. The van der Waals surface area contributed by atoms with E-state index in [1.165, 1.54) is 0 Å². The molecule has 0 atom stereocenters. The Labute approximate surface area is 118 Å². The Bertz CT molecular complexity index is 631. The second kappa shape index (κ2) is 5.77. The number of carbonyl (C=O) groups excluding carboxylic acids is 1. The number of aryl methyl sites for hydroxylation is 3. The molecule has 0 aliphatic carbocycles. The molecule has 1 aromatic carbocycles. The predicted molar refractivity (Wildman–Crippen MR) is 80.5 cm³/mol. The highest BCUT2D eigenvalue weighted by atomic mass is 16.1. The molecule has 2 aromatic rings. The van der Waals surface area contributed by atoms with Gasteiger partial charge in [0.05, 0.1) is 12.0 Å². The smallest absolute Gasteiger partial charge is 0.226 e. The zero-order valence-electron chi connectivity index (χ0n) is 12.1. The third-order valence-corrected chi connectivity index (χ3v) is 3.46. The molecule has 0 unspecified atom stereocenters. The van der Waals surface area contributed by atoms with Crippen LogP contribution in [0.25, 0.3) is 0 Å². The molecule has 5 nitrogen and oxygen atoms in total. The van der Waals surface area contributed by atoms with Crippen molar-refractivity contribution in [3.63, 3.8) is 0 Å². The van der Waals surface area contributed by atoms with E-state index >= 15 is 0 Å². The molecule has 0 fully saturated rings. The molecule has 0 aliphatic heterocycles. The van der Waals surface area contributed by atoms with E-state index < -0.39 is 0 Å². The quantitative estimate of drug-likeness (QED) is 0.839. The molecule has 0 spiro atoms. The van der Waals surface area contributed by atoms with Crippen molar-refractivity contribution in [2.45, 2.75) is 33.7 Å². The summed E-state index contributed by atoms with van der Waals surface area (Å²) in [6.07, 6.45) is 2.18. The highest BCUT2D eigenvalue weighted by molar-refractivity contribution is 5.91. The zero-order chi connectivity index (χ0) is 14.7. The van der Waals surface area contributed by atoms with Crippen LogP contribution >= 0.6 is 0 Å². The number of imidazole rings is 1. The third kappa shape index (κ3) is 3.17. The molecule has 0 bridgehead atoms. The molecule has 1 heterocycles. The van der Waals surface area contributed by atoms with Gasteiger partial charge in [-0.05, 0) is 38.5 Å². The first-order valence-electron chi connectivity index (χ1n) is 6.61. The van der Waals surface area contributed by atoms with E-state index in [4.69, 9.17) is 5.73 Å². The number of nitrogen functional groups attached to an aromatic ring is 1. The molecule has 0 aliphatic rings. The molecular weight excluding hydrogens is 252 g/mol. The molecule has 20 heavy (non-hydrogen) atoms. The van der Waals surface area contributed by atoms with E-state index in [2.05, 4.69) is 10.3 Å². The Morgan fingerprint density at radius 3 is 2.75 bits per heavy atom. The van der Waals surface area contributed by atoms with Crippen molar-refractivity contribution in [2.75, 3.05) is 11.1 Å². The molecule has 5 heteroatoms. The first kappa shape index (κ1) is 14.1. The number of nitrogens with zero attached hydrogens (tertiary/aromatic N) is 2. The van der Waals surface area contributed by atoms with Crippen molar-refractivity contribution >= 4 is 17.3 Å². The number of anilines is 2. The fourth-order valence-corrected chi connectivity index (χ4v) is 1.98. The average molecular weight is 272 g/mol. The molecule has 0 radical (unpaired) electrons. The first-order valence-corrected chi connectivity index (χ1v) is 6.61. The van der Waals surface area contributed by atoms with Gasteiger partial charge < -0.3 is 15.6 Å². The molecule has 106 valence electrons. The van der Waals surface area contributed by atoms with Crippen LogP contribution in [0.5, 0.6) is 0 Å². The number of carbonyl (C=O) groups is 1. The van der Waals surface area contributed by atoms with Gasteiger partial charge in [-0.3, -0.25) is 4.79 Å². The van der Waals surface area contributed by atoms with Crippen molar-refractivity contribution in [2.24, 2.45) is 0 Å². The highest BCUT2D eigenvalue weighted by Crippen LogP contribution is 2.18. The number of hydrogen-bond donors (Lipinski definition) is 2. The Hall–Kier alpha value is -2.30. The van der Waals surface area contributed by atoms with Gasteiger partial charge in [0.25, 0.3) is 0 Å². The summed E-state index contributed by atoms with van der Waals surface area (Å²) in [4.78, 5) is 16.2. The normalized spacial score (nSPS) is 10.6. The minimum Gasteiger partial charge on any atom is -0.399 e. The summed E-state index contributed by atoms with van der Waals surface area (Å²) in [7, 11) is 0. The van der Waals surface area contributed by atoms with Crippen LogP contribution in [0.4, 0.5) is 11.4 Å². The lowest BCUT2D eigenvalue weighted by Gasteiger charge is -2.10. The summed E-state index contributed by atoms with van der Waals surface area (Å²) in [6.45, 7) is 6.53. The van der Waals surface area contributed by atoms with Gasteiger partial charge in [-0.1, -0.05) is 6.07 Å². The Morgan fingerprint density at radius 1 is 1.35 bits per heavy atom. The molecule has 1 amide bonds. The number of nitrogens with one attached hydrogen (secondary N) is 1. The summed E-state index contributed by atoms with van der Waals surface area (Å²) < 4.78 is 1.99. The van der Waals surface area contributed by atoms with Crippen molar-refractivity contribution in [1.29, 1.82) is 0 Å². The molecular formula is C15H20N4O. The monoisotopic (exact) mass is 272 g/mol. The van der Waals surface area contributed by atoms with Crippen LogP contribution in [0, 0.1) is 20.8 Å². The van der Waals surface area contributed by atoms with E-state index in [1.807, 2.05) is 37.5 Å². The number of aromatic nitrogens is 2. The summed E-state index contributed by atoms with van der Waals surface area (Å²) in [6, 6.07) is 5.50. The molecule has 0 saturated carbocycles. The van der Waals surface area contributed by atoms with Crippen molar-refractivity contribution in [3.05, 3.63) is 41.5 Å². The van der Waals surface area contributed by atoms with Crippen LogP contribution in [0.3, 0.4) is 0 Å². The summed E-state index contributed by atoms with van der Waals surface area (Å²) in [5.41, 5.74) is 10.2. The van der Waals surface area contributed by atoms with E-state index in [0.717, 1.165) is 22.6 Å². The number of rotatable bonds is 4. The van der Waals surface area contributed by atoms with Crippen LogP contribution in [-0.2, 0) is 11.3 Å². The largest absolute Gasteiger partial charge is 0.399 e. The summed E-state index contributed by atoms with van der Waals surface area (Å²) in [5, 5.41) is 2.89. The van der Waals surface area contributed by atoms with Crippen LogP contribution in [0.15, 0.2) is 24.5 Å². The molecule has 2 rings (SSSR count). The average Bonchev–Trinajstić information content (AvgIpc) is 2.72. The van der Waals surface area contributed by atoms with E-state index in [-0.39, 0.29) is 5.91 Å². The first-order chi connectivity index (χ1) is 9.47. The molecule has 0 saturated heterocycles.